The van der Waals surface area contributed by atoms with Gasteiger partial charge in [0.2, 0.25) is 0 Å². The van der Waals surface area contributed by atoms with Crippen LogP contribution in [0.15, 0.2) is 41.6 Å². The third-order valence-corrected chi connectivity index (χ3v) is 1.46. The minimum atomic E-state index is 0.221. The van der Waals surface area contributed by atoms with E-state index in [0.29, 0.717) is 5.56 Å². The van der Waals surface area contributed by atoms with Gasteiger partial charge in [-0.2, -0.15) is 0 Å². The van der Waals surface area contributed by atoms with Gasteiger partial charge < -0.3 is 4.74 Å². The first-order valence-electron chi connectivity index (χ1n) is 3.78. The highest BCUT2D eigenvalue weighted by molar-refractivity contribution is 5.65. The minimum Gasteiger partial charge on any atom is -0.428 e. The van der Waals surface area contributed by atoms with Gasteiger partial charge >= 0.3 is 0 Å². The van der Waals surface area contributed by atoms with Crippen LogP contribution in [0.5, 0.6) is 0 Å². The van der Waals surface area contributed by atoms with E-state index in [2.05, 4.69) is 14.8 Å². The summed E-state index contributed by atoms with van der Waals surface area (Å²) in [5, 5.41) is 3.20. The number of carbonyl (C=O) groups excluding carboxylic acids is 1. The predicted octanol–water partition coefficient (Wildman–Crippen LogP) is 2.47. The maximum absolute atomic E-state index is 10.2. The highest BCUT2D eigenvalue weighted by Gasteiger charge is 1.99. The molecule has 0 N–H and O–H groups in total. The standard InChI is InChI=1S/C9H7N3O2/c10-12-11-6-9(14-7-13)8-4-2-1-3-5-8/h1-7H/b9-6-. The first-order chi connectivity index (χ1) is 6.88. The van der Waals surface area contributed by atoms with E-state index in [9.17, 15) is 4.79 Å². The molecular formula is C9H7N3O2. The Balaban J connectivity index is 2.99. The number of ether oxygens (including phenoxy) is 1. The normalized spacial score (nSPS) is 10.1. The summed E-state index contributed by atoms with van der Waals surface area (Å²) in [6.07, 6.45) is 1.14. The van der Waals surface area contributed by atoms with E-state index in [1.807, 2.05) is 6.07 Å². The van der Waals surface area contributed by atoms with Crippen LogP contribution in [0.4, 0.5) is 0 Å². The molecule has 1 rings (SSSR count). The third-order valence-electron chi connectivity index (χ3n) is 1.46. The Labute approximate surface area is 80.2 Å². The lowest BCUT2D eigenvalue weighted by Crippen LogP contribution is -1.88. The average Bonchev–Trinajstić information content (AvgIpc) is 2.25. The molecule has 0 aliphatic rings. The van der Waals surface area contributed by atoms with Crippen molar-refractivity contribution < 1.29 is 9.53 Å². The van der Waals surface area contributed by atoms with Crippen LogP contribution in [0.25, 0.3) is 16.2 Å². The van der Waals surface area contributed by atoms with Crippen LogP contribution in [0.1, 0.15) is 5.56 Å². The van der Waals surface area contributed by atoms with Gasteiger partial charge in [0, 0.05) is 16.7 Å². The van der Waals surface area contributed by atoms with Gasteiger partial charge in [0.05, 0.1) is 0 Å². The molecule has 0 saturated carbocycles. The Hall–Kier alpha value is -2.26. The van der Waals surface area contributed by atoms with E-state index in [0.717, 1.165) is 6.20 Å². The van der Waals surface area contributed by atoms with E-state index in [1.165, 1.54) is 0 Å². The molecule has 0 bridgehead atoms. The van der Waals surface area contributed by atoms with Crippen molar-refractivity contribution in [3.05, 3.63) is 52.5 Å². The maximum atomic E-state index is 10.2. The summed E-state index contributed by atoms with van der Waals surface area (Å²) in [5.74, 6) is 0.221. The van der Waals surface area contributed by atoms with Crippen LogP contribution in [0, 0.1) is 0 Å². The van der Waals surface area contributed by atoms with Gasteiger partial charge in [-0.3, -0.25) is 4.79 Å². The van der Waals surface area contributed by atoms with Crippen molar-refractivity contribution >= 4 is 12.2 Å². The number of benzene rings is 1. The second kappa shape index (κ2) is 5.40. The number of rotatable bonds is 4. The van der Waals surface area contributed by atoms with Gasteiger partial charge in [-0.1, -0.05) is 35.4 Å². The molecule has 14 heavy (non-hydrogen) atoms. The van der Waals surface area contributed by atoms with E-state index < -0.39 is 0 Å². The highest BCUT2D eigenvalue weighted by atomic mass is 16.5. The lowest BCUT2D eigenvalue weighted by atomic mass is 10.2. The summed E-state index contributed by atoms with van der Waals surface area (Å²) < 4.78 is 4.65. The van der Waals surface area contributed by atoms with E-state index in [1.54, 1.807) is 24.3 Å². The van der Waals surface area contributed by atoms with E-state index >= 15 is 0 Å². The number of hydrogen-bond acceptors (Lipinski definition) is 3. The smallest absolute Gasteiger partial charge is 0.298 e. The second-order valence-electron chi connectivity index (χ2n) is 2.28. The first-order valence-corrected chi connectivity index (χ1v) is 3.78. The van der Waals surface area contributed by atoms with Crippen molar-refractivity contribution in [3.8, 4) is 0 Å². The SMILES string of the molecule is [N-]=[N+]=N/C=C(\OC=O)c1ccccc1. The molecular weight excluding hydrogens is 182 g/mol. The van der Waals surface area contributed by atoms with Crippen LogP contribution in [-0.4, -0.2) is 6.47 Å². The Morgan fingerprint density at radius 2 is 2.14 bits per heavy atom. The van der Waals surface area contributed by atoms with Crippen molar-refractivity contribution in [2.24, 2.45) is 5.11 Å². The largest absolute Gasteiger partial charge is 0.428 e. The van der Waals surface area contributed by atoms with Gasteiger partial charge in [0.15, 0.2) is 0 Å². The fourth-order valence-corrected chi connectivity index (χ4v) is 0.906. The van der Waals surface area contributed by atoms with Crippen molar-refractivity contribution in [1.82, 2.24) is 0 Å². The summed E-state index contributed by atoms with van der Waals surface area (Å²) in [5.41, 5.74) is 8.77. The monoisotopic (exact) mass is 189 g/mol. The van der Waals surface area contributed by atoms with E-state index in [4.69, 9.17) is 5.53 Å². The summed E-state index contributed by atoms with van der Waals surface area (Å²) in [6, 6.07) is 8.88. The first kappa shape index (κ1) is 9.83. The highest BCUT2D eigenvalue weighted by Crippen LogP contribution is 2.14. The summed E-state index contributed by atoms with van der Waals surface area (Å²) in [7, 11) is 0. The molecule has 0 atom stereocenters. The van der Waals surface area contributed by atoms with Gasteiger partial charge in [-0.15, -0.1) is 0 Å². The topological polar surface area (TPSA) is 75.1 Å². The fourth-order valence-electron chi connectivity index (χ4n) is 0.906. The van der Waals surface area contributed by atoms with Crippen molar-refractivity contribution in [1.29, 1.82) is 0 Å². The minimum absolute atomic E-state index is 0.221. The molecule has 0 saturated heterocycles. The Morgan fingerprint density at radius 3 is 2.71 bits per heavy atom. The van der Waals surface area contributed by atoms with Gasteiger partial charge in [0.25, 0.3) is 6.47 Å². The Kier molecular flexibility index (Phi) is 3.79. The molecule has 0 fully saturated rings. The number of carbonyl (C=O) groups is 1. The van der Waals surface area contributed by atoms with E-state index in [-0.39, 0.29) is 12.2 Å². The second-order valence-corrected chi connectivity index (χ2v) is 2.28. The molecule has 0 unspecified atom stereocenters. The van der Waals surface area contributed by atoms with Crippen molar-refractivity contribution in [3.63, 3.8) is 0 Å². The Bertz CT molecular complexity index is 380. The molecule has 0 aromatic heterocycles. The van der Waals surface area contributed by atoms with Gasteiger partial charge in [-0.25, -0.2) is 0 Å². The van der Waals surface area contributed by atoms with Crippen LogP contribution in [-0.2, 0) is 9.53 Å². The van der Waals surface area contributed by atoms with Gasteiger partial charge in [-0.05, 0) is 5.53 Å². The molecule has 70 valence electrons. The van der Waals surface area contributed by atoms with Gasteiger partial charge in [0.1, 0.15) is 5.76 Å². The lowest BCUT2D eigenvalue weighted by Gasteiger charge is -2.02. The summed E-state index contributed by atoms with van der Waals surface area (Å²) in [6.45, 7) is 0.283. The third kappa shape index (κ3) is 2.66. The molecule has 1 aromatic rings. The molecule has 0 spiro atoms. The summed E-state index contributed by atoms with van der Waals surface area (Å²) in [4.78, 5) is 12.7. The fraction of sp³-hybridized carbons (Fsp3) is 0. The maximum Gasteiger partial charge on any atom is 0.298 e. The number of azide groups is 1. The van der Waals surface area contributed by atoms with Crippen LogP contribution in [0.2, 0.25) is 0 Å². The average molecular weight is 189 g/mol. The molecule has 1 aromatic carbocycles. The van der Waals surface area contributed by atoms with Crippen molar-refractivity contribution in [2.75, 3.05) is 0 Å². The van der Waals surface area contributed by atoms with Crippen LogP contribution in [0.3, 0.4) is 0 Å². The summed E-state index contributed by atoms with van der Waals surface area (Å²) >= 11 is 0. The zero-order valence-electron chi connectivity index (χ0n) is 7.20. The zero-order chi connectivity index (χ0) is 10.2. The molecule has 0 heterocycles. The molecule has 0 amide bonds. The molecule has 0 radical (unpaired) electrons. The predicted molar refractivity (Wildman–Crippen MR) is 50.7 cm³/mol. The number of hydrogen-bond donors (Lipinski definition) is 0. The van der Waals surface area contributed by atoms with Crippen molar-refractivity contribution in [2.45, 2.75) is 0 Å². The lowest BCUT2D eigenvalue weighted by molar-refractivity contribution is -0.122. The zero-order valence-corrected chi connectivity index (χ0v) is 7.20. The molecule has 0 aliphatic carbocycles. The Morgan fingerprint density at radius 1 is 1.43 bits per heavy atom. The molecule has 0 aliphatic heterocycles. The molecule has 5 nitrogen and oxygen atoms in total. The molecule has 5 heteroatoms. The van der Waals surface area contributed by atoms with Crippen LogP contribution >= 0.6 is 0 Å². The van der Waals surface area contributed by atoms with Crippen LogP contribution < -0.4 is 0 Å². The quantitative estimate of drug-likeness (QED) is 0.240. The number of nitrogens with zero attached hydrogens (tertiary/aromatic N) is 3.